The van der Waals surface area contributed by atoms with Crippen molar-refractivity contribution in [1.82, 2.24) is 4.98 Å². The van der Waals surface area contributed by atoms with Crippen molar-refractivity contribution in [1.29, 1.82) is 0 Å². The van der Waals surface area contributed by atoms with E-state index in [0.717, 1.165) is 0 Å². The third-order valence-electron chi connectivity index (χ3n) is 3.94. The maximum atomic E-state index is 4.61. The van der Waals surface area contributed by atoms with Gasteiger partial charge >= 0.3 is 0 Å². The van der Waals surface area contributed by atoms with Crippen LogP contribution in [0.15, 0.2) is 54.7 Å². The van der Waals surface area contributed by atoms with Crippen molar-refractivity contribution in [2.45, 2.75) is 31.1 Å². The Balaban J connectivity index is 2.11. The van der Waals surface area contributed by atoms with Crippen molar-refractivity contribution in [2.75, 3.05) is 0 Å². The normalized spacial score (nSPS) is 18.1. The molecule has 86 valence electrons. The quantitative estimate of drug-likeness (QED) is 0.751. The van der Waals surface area contributed by atoms with Gasteiger partial charge in [-0.15, -0.1) is 0 Å². The molecule has 17 heavy (non-hydrogen) atoms. The third kappa shape index (κ3) is 1.76. The fourth-order valence-corrected chi connectivity index (χ4v) is 3.07. The molecule has 3 rings (SSSR count). The Bertz CT molecular complexity index is 428. The van der Waals surface area contributed by atoms with Crippen LogP contribution in [0.2, 0.25) is 0 Å². The number of aromatic nitrogens is 1. The van der Waals surface area contributed by atoms with Crippen LogP contribution in [0.4, 0.5) is 0 Å². The molecule has 1 nitrogen and oxygen atoms in total. The summed E-state index contributed by atoms with van der Waals surface area (Å²) in [6, 6.07) is 17.1. The number of nitrogens with zero attached hydrogens (tertiary/aromatic N) is 1. The average molecular weight is 223 g/mol. The lowest BCUT2D eigenvalue weighted by Gasteiger charge is -2.29. The number of hydrogen-bond acceptors (Lipinski definition) is 1. The van der Waals surface area contributed by atoms with Gasteiger partial charge in [-0.25, -0.2) is 0 Å². The predicted octanol–water partition coefficient (Wildman–Crippen LogP) is 3.94. The van der Waals surface area contributed by atoms with Crippen LogP contribution in [0.5, 0.6) is 0 Å². The molecule has 1 saturated carbocycles. The molecule has 0 unspecified atom stereocenters. The van der Waals surface area contributed by atoms with E-state index in [1.807, 2.05) is 12.3 Å². The van der Waals surface area contributed by atoms with Crippen molar-refractivity contribution in [3.63, 3.8) is 0 Å². The zero-order valence-electron chi connectivity index (χ0n) is 9.97. The Labute approximate surface area is 103 Å². The summed E-state index contributed by atoms with van der Waals surface area (Å²) in [5, 5.41) is 0. The second kappa shape index (κ2) is 4.33. The van der Waals surface area contributed by atoms with Crippen LogP contribution in [0.25, 0.3) is 0 Å². The van der Waals surface area contributed by atoms with Crippen LogP contribution in [0.1, 0.15) is 36.9 Å². The molecule has 0 bridgehead atoms. The summed E-state index contributed by atoms with van der Waals surface area (Å²) >= 11 is 0. The maximum absolute atomic E-state index is 4.61. The van der Waals surface area contributed by atoms with Gasteiger partial charge in [0.25, 0.3) is 0 Å². The smallest absolute Gasteiger partial charge is 0.0509 e. The van der Waals surface area contributed by atoms with Crippen LogP contribution >= 0.6 is 0 Å². The second-order valence-electron chi connectivity index (χ2n) is 4.87. The lowest BCUT2D eigenvalue weighted by Crippen LogP contribution is -2.24. The van der Waals surface area contributed by atoms with E-state index < -0.39 is 0 Å². The molecule has 0 aliphatic heterocycles. The molecule has 1 aromatic carbocycles. The van der Waals surface area contributed by atoms with Crippen molar-refractivity contribution < 1.29 is 0 Å². The monoisotopic (exact) mass is 223 g/mol. The van der Waals surface area contributed by atoms with E-state index in [9.17, 15) is 0 Å². The van der Waals surface area contributed by atoms with Crippen molar-refractivity contribution in [2.24, 2.45) is 0 Å². The highest BCUT2D eigenvalue weighted by Crippen LogP contribution is 2.45. The largest absolute Gasteiger partial charge is 0.260 e. The van der Waals surface area contributed by atoms with E-state index in [4.69, 9.17) is 0 Å². The predicted molar refractivity (Wildman–Crippen MR) is 69.9 cm³/mol. The Hall–Kier alpha value is -1.63. The Morgan fingerprint density at radius 1 is 0.824 bits per heavy atom. The van der Waals surface area contributed by atoms with Crippen molar-refractivity contribution >= 4 is 0 Å². The zero-order valence-corrected chi connectivity index (χ0v) is 9.97. The first-order valence-electron chi connectivity index (χ1n) is 6.39. The number of rotatable bonds is 2. The molecule has 1 heteroatoms. The number of pyridine rings is 1. The highest BCUT2D eigenvalue weighted by atomic mass is 14.7. The molecule has 1 aliphatic carbocycles. The van der Waals surface area contributed by atoms with Gasteiger partial charge in [-0.3, -0.25) is 4.98 Å². The minimum Gasteiger partial charge on any atom is -0.260 e. The molecule has 1 aromatic heterocycles. The lowest BCUT2D eigenvalue weighted by molar-refractivity contribution is 0.518. The Kier molecular flexibility index (Phi) is 2.68. The number of hydrogen-bond donors (Lipinski definition) is 0. The van der Waals surface area contributed by atoms with Gasteiger partial charge in [0.1, 0.15) is 0 Å². The molecule has 0 saturated heterocycles. The summed E-state index contributed by atoms with van der Waals surface area (Å²) in [6.07, 6.45) is 7.00. The fourth-order valence-electron chi connectivity index (χ4n) is 3.07. The fraction of sp³-hybridized carbons (Fsp3) is 0.312. The molecule has 1 fully saturated rings. The van der Waals surface area contributed by atoms with Gasteiger partial charge in [0.2, 0.25) is 0 Å². The molecule has 0 N–H and O–H groups in total. The zero-order chi connectivity index (χ0) is 11.6. The van der Waals surface area contributed by atoms with E-state index in [1.165, 1.54) is 36.9 Å². The molecular formula is C16H17N. The van der Waals surface area contributed by atoms with Gasteiger partial charge in [-0.2, -0.15) is 0 Å². The van der Waals surface area contributed by atoms with Crippen molar-refractivity contribution in [3.05, 3.63) is 66.0 Å². The van der Waals surface area contributed by atoms with Gasteiger partial charge in [0.05, 0.1) is 5.69 Å². The van der Waals surface area contributed by atoms with Gasteiger partial charge in [-0.05, 0) is 30.5 Å². The first-order chi connectivity index (χ1) is 8.42. The van der Waals surface area contributed by atoms with Crippen LogP contribution < -0.4 is 0 Å². The maximum Gasteiger partial charge on any atom is 0.0509 e. The van der Waals surface area contributed by atoms with Crippen LogP contribution in [-0.2, 0) is 5.41 Å². The van der Waals surface area contributed by atoms with E-state index >= 15 is 0 Å². The first kappa shape index (κ1) is 10.5. The topological polar surface area (TPSA) is 12.9 Å². The van der Waals surface area contributed by atoms with Gasteiger partial charge < -0.3 is 0 Å². The molecule has 1 heterocycles. The van der Waals surface area contributed by atoms with E-state index in [0.29, 0.717) is 0 Å². The SMILES string of the molecule is c1ccc(C2(c3ccccn3)CCCC2)cc1. The summed E-state index contributed by atoms with van der Waals surface area (Å²) in [5.74, 6) is 0. The van der Waals surface area contributed by atoms with Crippen LogP contribution in [-0.4, -0.2) is 4.98 Å². The Morgan fingerprint density at radius 2 is 1.53 bits per heavy atom. The minimum absolute atomic E-state index is 0.169. The summed E-state index contributed by atoms with van der Waals surface area (Å²) in [7, 11) is 0. The third-order valence-corrected chi connectivity index (χ3v) is 3.94. The van der Waals surface area contributed by atoms with Crippen molar-refractivity contribution in [3.8, 4) is 0 Å². The standard InChI is InChI=1S/C16H17N/c1-2-8-14(9-3-1)16(11-5-6-12-16)15-10-4-7-13-17-15/h1-4,7-10,13H,5-6,11-12H2. The van der Waals surface area contributed by atoms with E-state index in [2.05, 4.69) is 47.4 Å². The minimum atomic E-state index is 0.169. The second-order valence-corrected chi connectivity index (χ2v) is 4.87. The molecule has 1 aliphatic rings. The first-order valence-corrected chi connectivity index (χ1v) is 6.39. The molecular weight excluding hydrogens is 206 g/mol. The van der Waals surface area contributed by atoms with Crippen LogP contribution in [0.3, 0.4) is 0 Å². The summed E-state index contributed by atoms with van der Waals surface area (Å²) in [4.78, 5) is 4.61. The molecule has 0 spiro atoms. The van der Waals surface area contributed by atoms with Gasteiger partial charge in [-0.1, -0.05) is 49.2 Å². The molecule has 0 radical (unpaired) electrons. The molecule has 0 atom stereocenters. The number of benzene rings is 1. The summed E-state index contributed by atoms with van der Waals surface area (Å²) < 4.78 is 0. The highest BCUT2D eigenvalue weighted by Gasteiger charge is 2.38. The lowest BCUT2D eigenvalue weighted by atomic mass is 9.76. The van der Waals surface area contributed by atoms with Crippen LogP contribution in [0, 0.1) is 0 Å². The average Bonchev–Trinajstić information content (AvgIpc) is 2.91. The summed E-state index contributed by atoms with van der Waals surface area (Å²) in [5.41, 5.74) is 2.84. The summed E-state index contributed by atoms with van der Waals surface area (Å²) in [6.45, 7) is 0. The van der Waals surface area contributed by atoms with Gasteiger partial charge in [0, 0.05) is 11.6 Å². The highest BCUT2D eigenvalue weighted by molar-refractivity contribution is 5.36. The Morgan fingerprint density at radius 3 is 2.18 bits per heavy atom. The molecule has 2 aromatic rings. The van der Waals surface area contributed by atoms with E-state index in [1.54, 1.807) is 0 Å². The molecule has 0 amide bonds. The van der Waals surface area contributed by atoms with Gasteiger partial charge in [0.15, 0.2) is 0 Å². The van der Waals surface area contributed by atoms with E-state index in [-0.39, 0.29) is 5.41 Å².